The maximum absolute atomic E-state index is 11.9. The summed E-state index contributed by atoms with van der Waals surface area (Å²) >= 11 is 0. The average Bonchev–Trinajstić information content (AvgIpc) is 2.27. The maximum atomic E-state index is 11.9. The van der Waals surface area contributed by atoms with Crippen LogP contribution >= 0.6 is 0 Å². The third-order valence-electron chi connectivity index (χ3n) is 3.35. The molecule has 0 heterocycles. The highest BCUT2D eigenvalue weighted by Crippen LogP contribution is 2.20. The summed E-state index contributed by atoms with van der Waals surface area (Å²) in [7, 11) is 0. The summed E-state index contributed by atoms with van der Waals surface area (Å²) in [6.45, 7) is 13.0. The van der Waals surface area contributed by atoms with Crippen LogP contribution in [0, 0.1) is 5.92 Å². The van der Waals surface area contributed by atoms with Gasteiger partial charge >= 0.3 is 11.9 Å². The lowest BCUT2D eigenvalue weighted by Gasteiger charge is -2.26. The molecule has 0 saturated carbocycles. The van der Waals surface area contributed by atoms with E-state index in [1.165, 1.54) is 0 Å². The van der Waals surface area contributed by atoms with Crippen LogP contribution in [0.3, 0.4) is 0 Å². The Hall–Kier alpha value is -1.06. The predicted molar refractivity (Wildman–Crippen MR) is 74.7 cm³/mol. The largest absolute Gasteiger partial charge is 0.460 e. The second kappa shape index (κ2) is 6.92. The molecule has 1 atom stereocenters. The third-order valence-corrected chi connectivity index (χ3v) is 3.35. The molecule has 1 unspecified atom stereocenters. The molecule has 0 aliphatic rings. The Bertz CT molecular complexity index is 318. The van der Waals surface area contributed by atoms with Crippen LogP contribution < -0.4 is 0 Å². The van der Waals surface area contributed by atoms with Gasteiger partial charge < -0.3 is 9.47 Å². The molecule has 4 nitrogen and oxygen atoms in total. The van der Waals surface area contributed by atoms with E-state index < -0.39 is 17.1 Å². The summed E-state index contributed by atoms with van der Waals surface area (Å²) in [4.78, 5) is 23.6. The van der Waals surface area contributed by atoms with E-state index >= 15 is 0 Å². The van der Waals surface area contributed by atoms with E-state index in [1.807, 2.05) is 41.5 Å². The first-order valence-corrected chi connectivity index (χ1v) is 6.97. The van der Waals surface area contributed by atoms with E-state index in [0.29, 0.717) is 0 Å². The van der Waals surface area contributed by atoms with Crippen LogP contribution in [0.15, 0.2) is 0 Å². The molecule has 0 N–H and O–H groups in total. The fraction of sp³-hybridized carbons (Fsp3) is 0.867. The first kappa shape index (κ1) is 17.9. The van der Waals surface area contributed by atoms with Gasteiger partial charge in [-0.15, -0.1) is 0 Å². The Labute approximate surface area is 116 Å². The Morgan fingerprint density at radius 3 is 1.79 bits per heavy atom. The molecule has 0 aliphatic heterocycles. The number of carbonyl (C=O) groups is 2. The third kappa shape index (κ3) is 7.19. The van der Waals surface area contributed by atoms with Crippen molar-refractivity contribution in [2.24, 2.45) is 5.92 Å². The first-order chi connectivity index (χ1) is 8.53. The SMILES string of the molecule is CCC(C)(C)OC(=O)CC(C)C(=O)OC(C)(C)CC. The second-order valence-electron chi connectivity index (χ2n) is 6.23. The van der Waals surface area contributed by atoms with Crippen molar-refractivity contribution in [2.45, 2.75) is 78.9 Å². The zero-order valence-electron chi connectivity index (χ0n) is 13.3. The molecule has 0 bridgehead atoms. The lowest BCUT2D eigenvalue weighted by atomic mass is 10.0. The molecular formula is C15H28O4. The van der Waals surface area contributed by atoms with Crippen LogP contribution in [0.2, 0.25) is 0 Å². The molecule has 0 aromatic heterocycles. The van der Waals surface area contributed by atoms with Gasteiger partial charge in [0.05, 0.1) is 12.3 Å². The summed E-state index contributed by atoms with van der Waals surface area (Å²) in [5.41, 5.74) is -0.971. The molecule has 0 fully saturated rings. The highest BCUT2D eigenvalue weighted by atomic mass is 16.6. The van der Waals surface area contributed by atoms with Gasteiger partial charge in [-0.25, -0.2) is 0 Å². The fourth-order valence-electron chi connectivity index (χ4n) is 1.20. The lowest BCUT2D eigenvalue weighted by Crippen LogP contribution is -2.32. The van der Waals surface area contributed by atoms with Crippen LogP contribution in [0.1, 0.15) is 67.7 Å². The topological polar surface area (TPSA) is 52.6 Å². The van der Waals surface area contributed by atoms with Crippen molar-refractivity contribution in [2.75, 3.05) is 0 Å². The number of rotatable bonds is 7. The minimum Gasteiger partial charge on any atom is -0.460 e. The summed E-state index contributed by atoms with van der Waals surface area (Å²) in [5, 5.41) is 0. The van der Waals surface area contributed by atoms with E-state index in [4.69, 9.17) is 9.47 Å². The van der Waals surface area contributed by atoms with Gasteiger partial charge in [0.1, 0.15) is 11.2 Å². The van der Waals surface area contributed by atoms with Gasteiger partial charge in [-0.3, -0.25) is 9.59 Å². The molecule has 19 heavy (non-hydrogen) atoms. The fourth-order valence-corrected chi connectivity index (χ4v) is 1.20. The Kier molecular flexibility index (Phi) is 6.53. The molecule has 0 saturated heterocycles. The number of carbonyl (C=O) groups excluding carboxylic acids is 2. The molecule has 0 aliphatic carbocycles. The molecule has 4 heteroatoms. The Balaban J connectivity index is 4.34. The molecule has 0 rings (SSSR count). The number of esters is 2. The lowest BCUT2D eigenvalue weighted by molar-refractivity contribution is -0.168. The minimum atomic E-state index is -0.488. The van der Waals surface area contributed by atoms with Gasteiger partial charge in [0.25, 0.3) is 0 Å². The van der Waals surface area contributed by atoms with Gasteiger partial charge in [0, 0.05) is 0 Å². The van der Waals surface area contributed by atoms with Gasteiger partial charge in [0.2, 0.25) is 0 Å². The van der Waals surface area contributed by atoms with Gasteiger partial charge in [0.15, 0.2) is 0 Å². The molecule has 0 aromatic rings. The van der Waals surface area contributed by atoms with Crippen LogP contribution in [0.25, 0.3) is 0 Å². The standard InChI is InChI=1S/C15H28O4/c1-8-14(4,5)18-12(16)10-11(3)13(17)19-15(6,7)9-2/h11H,8-10H2,1-7H3. The van der Waals surface area contributed by atoms with Gasteiger partial charge in [-0.1, -0.05) is 20.8 Å². The van der Waals surface area contributed by atoms with Gasteiger partial charge in [-0.2, -0.15) is 0 Å². The van der Waals surface area contributed by atoms with E-state index in [2.05, 4.69) is 0 Å². The summed E-state index contributed by atoms with van der Waals surface area (Å²) in [6, 6.07) is 0. The molecule has 0 amide bonds. The number of hydrogen-bond acceptors (Lipinski definition) is 4. The molecule has 0 spiro atoms. The Morgan fingerprint density at radius 2 is 1.37 bits per heavy atom. The van der Waals surface area contributed by atoms with Crippen LogP contribution in [0.5, 0.6) is 0 Å². The molecular weight excluding hydrogens is 244 g/mol. The van der Waals surface area contributed by atoms with Crippen molar-refractivity contribution < 1.29 is 19.1 Å². The van der Waals surface area contributed by atoms with Crippen molar-refractivity contribution in [3.05, 3.63) is 0 Å². The average molecular weight is 272 g/mol. The maximum Gasteiger partial charge on any atom is 0.309 e. The van der Waals surface area contributed by atoms with Crippen molar-refractivity contribution in [1.82, 2.24) is 0 Å². The molecule has 0 radical (unpaired) electrons. The van der Waals surface area contributed by atoms with Crippen molar-refractivity contribution in [3.8, 4) is 0 Å². The quantitative estimate of drug-likeness (QED) is 0.666. The van der Waals surface area contributed by atoms with E-state index in [-0.39, 0.29) is 18.4 Å². The monoisotopic (exact) mass is 272 g/mol. The highest BCUT2D eigenvalue weighted by Gasteiger charge is 2.28. The number of ether oxygens (including phenoxy) is 2. The minimum absolute atomic E-state index is 0.0576. The van der Waals surface area contributed by atoms with Crippen molar-refractivity contribution in [3.63, 3.8) is 0 Å². The molecule has 0 aromatic carbocycles. The summed E-state index contributed by atoms with van der Waals surface area (Å²) < 4.78 is 10.7. The molecule has 112 valence electrons. The van der Waals surface area contributed by atoms with Crippen molar-refractivity contribution in [1.29, 1.82) is 0 Å². The van der Waals surface area contributed by atoms with Crippen LogP contribution in [-0.2, 0) is 19.1 Å². The second-order valence-corrected chi connectivity index (χ2v) is 6.23. The Morgan fingerprint density at radius 1 is 0.947 bits per heavy atom. The zero-order chi connectivity index (χ0) is 15.3. The first-order valence-electron chi connectivity index (χ1n) is 6.97. The highest BCUT2D eigenvalue weighted by molar-refractivity contribution is 5.80. The van der Waals surface area contributed by atoms with E-state index in [9.17, 15) is 9.59 Å². The predicted octanol–water partition coefficient (Wildman–Crippen LogP) is 3.48. The van der Waals surface area contributed by atoms with E-state index in [0.717, 1.165) is 12.8 Å². The van der Waals surface area contributed by atoms with Crippen LogP contribution in [0.4, 0.5) is 0 Å². The van der Waals surface area contributed by atoms with Crippen LogP contribution in [-0.4, -0.2) is 23.1 Å². The summed E-state index contributed by atoms with van der Waals surface area (Å²) in [5.74, 6) is -1.19. The van der Waals surface area contributed by atoms with Gasteiger partial charge in [-0.05, 0) is 40.5 Å². The van der Waals surface area contributed by atoms with E-state index in [1.54, 1.807) is 6.92 Å². The smallest absolute Gasteiger partial charge is 0.309 e. The number of hydrogen-bond donors (Lipinski definition) is 0. The van der Waals surface area contributed by atoms with Crippen molar-refractivity contribution >= 4 is 11.9 Å². The normalized spacial score (nSPS) is 13.8. The zero-order valence-corrected chi connectivity index (χ0v) is 13.3. The summed E-state index contributed by atoms with van der Waals surface area (Å²) in [6.07, 6.45) is 1.53.